The van der Waals surface area contributed by atoms with Crippen molar-refractivity contribution >= 4 is 74.5 Å². The van der Waals surface area contributed by atoms with Gasteiger partial charge in [-0.2, -0.15) is 38.2 Å². The summed E-state index contributed by atoms with van der Waals surface area (Å²) in [7, 11) is -18.1. The van der Waals surface area contributed by atoms with E-state index in [4.69, 9.17) is 9.11 Å². The molecule has 0 aliphatic carbocycles. The van der Waals surface area contributed by atoms with E-state index in [-0.39, 0.29) is 29.5 Å². The standard InChI is InChI=1S/C29H34N4O14S4/c1-17-29(2,3)26-20-6-5-18(13-21(20)25(51(45,46)47)16-24(26)33(17)9-4-10-48(36,37)38)19-14-22(27(34)30-7-11-49(39,40)41)32-23(15-19)28(35)31-8-12-50(42,43)44/h5-6,13-16H,4,7-12H2,1-3H3,(H5-,30,31,34,35,36,37,38,39,40,41,42,43,44,45,46,47)/p+1. The Hall–Kier alpha value is -3.90. The highest BCUT2D eigenvalue weighted by atomic mass is 32.2. The van der Waals surface area contributed by atoms with E-state index in [0.717, 1.165) is 5.71 Å². The maximum absolute atomic E-state index is 13.0. The fraction of sp³-hybridized carbons (Fsp3) is 0.379. The Morgan fingerprint density at radius 2 is 1.24 bits per heavy atom. The fourth-order valence-corrected chi connectivity index (χ4v) is 7.65. The van der Waals surface area contributed by atoms with Crippen molar-refractivity contribution in [1.29, 1.82) is 0 Å². The van der Waals surface area contributed by atoms with Gasteiger partial charge in [0.25, 0.3) is 52.3 Å². The molecule has 0 saturated heterocycles. The Balaban J connectivity index is 1.88. The number of fused-ring (bicyclic) bond motifs is 3. The van der Waals surface area contributed by atoms with Crippen LogP contribution in [0.3, 0.4) is 0 Å². The minimum Gasteiger partial charge on any atom is -0.350 e. The average Bonchev–Trinajstić information content (AvgIpc) is 3.18. The summed E-state index contributed by atoms with van der Waals surface area (Å²) in [6.07, 6.45) is 0.00334. The molecule has 278 valence electrons. The second kappa shape index (κ2) is 14.3. The minimum atomic E-state index is -4.91. The van der Waals surface area contributed by atoms with E-state index in [2.05, 4.69) is 15.6 Å². The summed E-state index contributed by atoms with van der Waals surface area (Å²) in [6, 6.07) is 8.15. The maximum atomic E-state index is 13.0. The lowest BCUT2D eigenvalue weighted by Gasteiger charge is -2.19. The zero-order valence-electron chi connectivity index (χ0n) is 27.3. The van der Waals surface area contributed by atoms with Crippen molar-refractivity contribution in [1.82, 2.24) is 15.6 Å². The van der Waals surface area contributed by atoms with Crippen molar-refractivity contribution in [3.8, 4) is 11.1 Å². The second-order valence-electron chi connectivity index (χ2n) is 12.2. The zero-order chi connectivity index (χ0) is 38.3. The topological polar surface area (TPSA) is 292 Å². The highest BCUT2D eigenvalue weighted by Crippen LogP contribution is 2.46. The number of rotatable bonds is 14. The molecule has 0 atom stereocenters. The van der Waals surface area contributed by atoms with E-state index >= 15 is 0 Å². The van der Waals surface area contributed by atoms with Crippen molar-refractivity contribution in [2.75, 3.05) is 36.9 Å². The van der Waals surface area contributed by atoms with Gasteiger partial charge < -0.3 is 10.6 Å². The van der Waals surface area contributed by atoms with E-state index in [1.807, 2.05) is 13.8 Å². The Bertz CT molecular complexity index is 2360. The largest absolute Gasteiger partial charge is 0.350 e. The first-order valence-corrected chi connectivity index (χ1v) is 21.2. The van der Waals surface area contributed by atoms with E-state index in [1.165, 1.54) is 30.3 Å². The van der Waals surface area contributed by atoms with Crippen LogP contribution in [0.25, 0.3) is 21.9 Å². The maximum Gasteiger partial charge on any atom is 0.295 e. The summed E-state index contributed by atoms with van der Waals surface area (Å²) < 4.78 is 132. The van der Waals surface area contributed by atoms with Gasteiger partial charge in [-0.15, -0.1) is 0 Å². The van der Waals surface area contributed by atoms with Crippen LogP contribution in [0.5, 0.6) is 0 Å². The van der Waals surface area contributed by atoms with Crippen molar-refractivity contribution in [2.45, 2.75) is 37.5 Å². The number of nitrogens with one attached hydrogen (secondary N) is 2. The van der Waals surface area contributed by atoms with Gasteiger partial charge in [0.05, 0.1) is 22.7 Å². The summed E-state index contributed by atoms with van der Waals surface area (Å²) in [6.45, 7) is 4.55. The van der Waals surface area contributed by atoms with Gasteiger partial charge in [-0.3, -0.25) is 27.8 Å². The first-order chi connectivity index (χ1) is 23.3. The van der Waals surface area contributed by atoms with E-state index in [1.54, 1.807) is 17.6 Å². The lowest BCUT2D eigenvalue weighted by atomic mass is 9.79. The van der Waals surface area contributed by atoms with Gasteiger partial charge in [0.2, 0.25) is 5.69 Å². The lowest BCUT2D eigenvalue weighted by molar-refractivity contribution is -0.438. The van der Waals surface area contributed by atoms with Gasteiger partial charge in [-0.05, 0) is 48.6 Å². The van der Waals surface area contributed by atoms with Gasteiger partial charge in [-0.1, -0.05) is 12.1 Å². The van der Waals surface area contributed by atoms with Crippen LogP contribution < -0.4 is 10.6 Å². The molecule has 0 fully saturated rings. The van der Waals surface area contributed by atoms with Crippen molar-refractivity contribution in [2.24, 2.45) is 0 Å². The van der Waals surface area contributed by atoms with Gasteiger partial charge in [0.15, 0.2) is 5.71 Å². The highest BCUT2D eigenvalue weighted by Gasteiger charge is 2.45. The van der Waals surface area contributed by atoms with Crippen LogP contribution in [-0.2, 0) is 45.9 Å². The molecule has 1 aliphatic heterocycles. The molecule has 2 aromatic carbocycles. The number of carbonyl (C=O) groups is 2. The molecule has 2 heterocycles. The summed E-state index contributed by atoms with van der Waals surface area (Å²) >= 11 is 0. The van der Waals surface area contributed by atoms with Crippen LogP contribution in [0.2, 0.25) is 0 Å². The highest BCUT2D eigenvalue weighted by molar-refractivity contribution is 7.86. The molecule has 51 heavy (non-hydrogen) atoms. The molecule has 0 radical (unpaired) electrons. The monoisotopic (exact) mass is 791 g/mol. The molecule has 1 aromatic heterocycles. The Morgan fingerprint density at radius 3 is 1.71 bits per heavy atom. The van der Waals surface area contributed by atoms with E-state index in [9.17, 15) is 52.4 Å². The molecule has 1 aliphatic rings. The molecule has 0 bridgehead atoms. The van der Waals surface area contributed by atoms with Crippen LogP contribution in [0.1, 0.15) is 53.7 Å². The Morgan fingerprint density at radius 1 is 0.725 bits per heavy atom. The van der Waals surface area contributed by atoms with Crippen LogP contribution >= 0.6 is 0 Å². The van der Waals surface area contributed by atoms with Crippen LogP contribution in [0.4, 0.5) is 5.69 Å². The first kappa shape index (κ1) is 39.9. The number of nitrogens with zero attached hydrogens (tertiary/aromatic N) is 2. The number of amides is 2. The smallest absolute Gasteiger partial charge is 0.295 e. The quantitative estimate of drug-likeness (QED) is 0.0983. The first-order valence-electron chi connectivity index (χ1n) is 14.9. The van der Waals surface area contributed by atoms with Gasteiger partial charge >= 0.3 is 0 Å². The van der Waals surface area contributed by atoms with Crippen molar-refractivity contribution < 1.29 is 66.0 Å². The van der Waals surface area contributed by atoms with Crippen molar-refractivity contribution in [3.63, 3.8) is 0 Å². The molecule has 0 unspecified atom stereocenters. The van der Waals surface area contributed by atoms with E-state index in [0.29, 0.717) is 16.6 Å². The zero-order valence-corrected chi connectivity index (χ0v) is 30.6. The number of carbonyl (C=O) groups excluding carboxylic acids is 2. The molecule has 4 rings (SSSR count). The molecule has 0 spiro atoms. The Labute approximate surface area is 294 Å². The minimum absolute atomic E-state index is 0.00334. The lowest BCUT2D eigenvalue weighted by Crippen LogP contribution is -2.32. The number of aromatic nitrogens is 1. The molecular formula is C29H35N4O14S4+. The molecule has 0 saturated carbocycles. The average molecular weight is 792 g/mol. The Kier molecular flexibility index (Phi) is 11.1. The fourth-order valence-electron chi connectivity index (χ4n) is 5.73. The van der Waals surface area contributed by atoms with Crippen LogP contribution in [0, 0.1) is 0 Å². The third-order valence-electron chi connectivity index (χ3n) is 8.28. The number of hydrogen-bond acceptors (Lipinski definition) is 11. The normalized spacial score (nSPS) is 14.8. The number of hydrogen-bond donors (Lipinski definition) is 6. The molecule has 6 N–H and O–H groups in total. The molecule has 22 heteroatoms. The van der Waals surface area contributed by atoms with Gasteiger partial charge in [0.1, 0.15) is 22.8 Å². The number of benzene rings is 2. The predicted molar refractivity (Wildman–Crippen MR) is 184 cm³/mol. The molecule has 2 amide bonds. The van der Waals surface area contributed by atoms with Crippen LogP contribution in [-0.4, -0.2) is 116 Å². The molecular weight excluding hydrogens is 757 g/mol. The summed E-state index contributed by atoms with van der Waals surface area (Å²) in [5.74, 6) is -4.14. The molecule has 3 aromatic rings. The summed E-state index contributed by atoms with van der Waals surface area (Å²) in [5.41, 5.74) is 0.525. The summed E-state index contributed by atoms with van der Waals surface area (Å²) in [4.78, 5) is 29.4. The van der Waals surface area contributed by atoms with E-state index < -0.39 is 104 Å². The van der Waals surface area contributed by atoms with Gasteiger partial charge in [-0.25, -0.2) is 4.98 Å². The number of pyridine rings is 1. The third-order valence-corrected chi connectivity index (χ3v) is 11.4. The van der Waals surface area contributed by atoms with Crippen molar-refractivity contribution in [3.05, 3.63) is 53.3 Å². The third kappa shape index (κ3) is 9.71. The second-order valence-corrected chi connectivity index (χ2v) is 18.3. The predicted octanol–water partition coefficient (Wildman–Crippen LogP) is 1.06. The molecule has 18 nitrogen and oxygen atoms in total. The van der Waals surface area contributed by atoms with Gasteiger partial charge in [0, 0.05) is 43.5 Å². The SMILES string of the molecule is CC1=[N+](CCCS(=O)(=O)O)c2cc(S(=O)(=O)O)c3cc(-c4cc(C(=O)NCCS(=O)(=O)O)nc(C(=O)NCCS(=O)(=O)O)c4)ccc3c2C1(C)C. The summed E-state index contributed by atoms with van der Waals surface area (Å²) in [5, 5.41) is 4.92. The van der Waals surface area contributed by atoms with Crippen LogP contribution in [0.15, 0.2) is 41.3 Å².